The average Bonchev–Trinajstić information content (AvgIpc) is 2.90. The maximum Gasteiger partial charge on any atom is 0.315 e. The van der Waals surface area contributed by atoms with Gasteiger partial charge in [-0.05, 0) is 25.0 Å². The Hall–Kier alpha value is -2.08. The summed E-state index contributed by atoms with van der Waals surface area (Å²) in [6.45, 7) is 3.21. The summed E-state index contributed by atoms with van der Waals surface area (Å²) in [6.07, 6.45) is 0.856. The summed E-state index contributed by atoms with van der Waals surface area (Å²) in [7, 11) is 1.57. The summed E-state index contributed by atoms with van der Waals surface area (Å²) in [4.78, 5) is 25.8. The van der Waals surface area contributed by atoms with Crippen molar-refractivity contribution in [1.29, 1.82) is 0 Å². The second-order valence-electron chi connectivity index (χ2n) is 4.98. The standard InChI is InChI=1S/C15H21N3O3/c1-11(17-15(20)16-8-10-21-2)14(19)18-9-7-12-5-3-4-6-13(12)18/h3-6,11H,7-10H2,1-2H3,(H2,16,17,20)/t11-/m0/s1. The van der Waals surface area contributed by atoms with Crippen molar-refractivity contribution in [2.24, 2.45) is 0 Å². The van der Waals surface area contributed by atoms with Gasteiger partial charge in [0.2, 0.25) is 5.91 Å². The van der Waals surface area contributed by atoms with Gasteiger partial charge in [0.05, 0.1) is 6.61 Å². The van der Waals surface area contributed by atoms with E-state index in [-0.39, 0.29) is 11.9 Å². The second-order valence-corrected chi connectivity index (χ2v) is 4.98. The van der Waals surface area contributed by atoms with Crippen LogP contribution in [-0.4, -0.2) is 44.8 Å². The Labute approximate surface area is 124 Å². The molecular formula is C15H21N3O3. The molecule has 0 unspecified atom stereocenters. The van der Waals surface area contributed by atoms with Crippen molar-refractivity contribution >= 4 is 17.6 Å². The first-order chi connectivity index (χ1) is 10.1. The van der Waals surface area contributed by atoms with Crippen molar-refractivity contribution in [3.63, 3.8) is 0 Å². The molecule has 6 nitrogen and oxygen atoms in total. The molecule has 6 heteroatoms. The van der Waals surface area contributed by atoms with Gasteiger partial charge >= 0.3 is 6.03 Å². The lowest BCUT2D eigenvalue weighted by Crippen LogP contribution is -2.50. The van der Waals surface area contributed by atoms with Crippen LogP contribution in [0.2, 0.25) is 0 Å². The van der Waals surface area contributed by atoms with E-state index in [0.29, 0.717) is 19.7 Å². The number of carbonyl (C=O) groups is 2. The maximum atomic E-state index is 12.4. The van der Waals surface area contributed by atoms with Crippen molar-refractivity contribution in [3.8, 4) is 0 Å². The summed E-state index contributed by atoms with van der Waals surface area (Å²) in [5, 5.41) is 5.28. The third kappa shape index (κ3) is 3.72. The van der Waals surface area contributed by atoms with Crippen LogP contribution in [0.15, 0.2) is 24.3 Å². The minimum atomic E-state index is -0.571. The molecule has 3 amide bonds. The summed E-state index contributed by atoms with van der Waals surface area (Å²) in [6, 6.07) is 6.92. The van der Waals surface area contributed by atoms with Gasteiger partial charge in [0, 0.05) is 25.9 Å². The van der Waals surface area contributed by atoms with Crippen LogP contribution >= 0.6 is 0 Å². The van der Waals surface area contributed by atoms with E-state index in [0.717, 1.165) is 12.1 Å². The highest BCUT2D eigenvalue weighted by Gasteiger charge is 2.28. The van der Waals surface area contributed by atoms with E-state index >= 15 is 0 Å². The number of nitrogens with one attached hydrogen (secondary N) is 2. The van der Waals surface area contributed by atoms with Crippen molar-refractivity contribution in [3.05, 3.63) is 29.8 Å². The maximum absolute atomic E-state index is 12.4. The van der Waals surface area contributed by atoms with E-state index in [1.165, 1.54) is 5.56 Å². The fraction of sp³-hybridized carbons (Fsp3) is 0.467. The zero-order valence-corrected chi connectivity index (χ0v) is 12.4. The normalized spacial score (nSPS) is 14.5. The Balaban J connectivity index is 1.90. The van der Waals surface area contributed by atoms with Crippen molar-refractivity contribution in [2.45, 2.75) is 19.4 Å². The summed E-state index contributed by atoms with van der Waals surface area (Å²) in [5.41, 5.74) is 2.11. The van der Waals surface area contributed by atoms with E-state index < -0.39 is 6.04 Å². The molecule has 2 rings (SSSR count). The number of benzene rings is 1. The van der Waals surface area contributed by atoms with Crippen LogP contribution in [0.3, 0.4) is 0 Å². The molecule has 114 valence electrons. The average molecular weight is 291 g/mol. The highest BCUT2D eigenvalue weighted by Crippen LogP contribution is 2.27. The van der Waals surface area contributed by atoms with Gasteiger partial charge in [0.15, 0.2) is 0 Å². The van der Waals surface area contributed by atoms with Crippen LogP contribution in [0, 0.1) is 0 Å². The van der Waals surface area contributed by atoms with Crippen LogP contribution in [0.1, 0.15) is 12.5 Å². The Kier molecular flexibility index (Phi) is 5.16. The predicted molar refractivity (Wildman–Crippen MR) is 80.4 cm³/mol. The highest BCUT2D eigenvalue weighted by molar-refractivity contribution is 6.00. The molecule has 0 saturated heterocycles. The highest BCUT2D eigenvalue weighted by atomic mass is 16.5. The quantitative estimate of drug-likeness (QED) is 0.792. The Bertz CT molecular complexity index is 519. The number of urea groups is 1. The number of hydrogen-bond acceptors (Lipinski definition) is 3. The first-order valence-electron chi connectivity index (χ1n) is 7.06. The third-order valence-corrected chi connectivity index (χ3v) is 3.46. The van der Waals surface area contributed by atoms with Gasteiger partial charge in [-0.15, -0.1) is 0 Å². The first kappa shape index (κ1) is 15.3. The van der Waals surface area contributed by atoms with Gasteiger partial charge in [-0.25, -0.2) is 4.79 Å². The van der Waals surface area contributed by atoms with Crippen LogP contribution in [0.25, 0.3) is 0 Å². The summed E-state index contributed by atoms with van der Waals surface area (Å²) >= 11 is 0. The van der Waals surface area contributed by atoms with Crippen LogP contribution in [-0.2, 0) is 16.0 Å². The minimum absolute atomic E-state index is 0.0955. The molecule has 0 spiro atoms. The molecule has 1 aromatic rings. The fourth-order valence-corrected chi connectivity index (χ4v) is 2.38. The van der Waals surface area contributed by atoms with Gasteiger partial charge in [-0.1, -0.05) is 18.2 Å². The Morgan fingerprint density at radius 2 is 2.14 bits per heavy atom. The minimum Gasteiger partial charge on any atom is -0.383 e. The third-order valence-electron chi connectivity index (χ3n) is 3.46. The van der Waals surface area contributed by atoms with Gasteiger partial charge in [0.25, 0.3) is 0 Å². The molecular weight excluding hydrogens is 270 g/mol. The number of carbonyl (C=O) groups excluding carboxylic acids is 2. The van der Waals surface area contributed by atoms with Crippen LogP contribution in [0.4, 0.5) is 10.5 Å². The second kappa shape index (κ2) is 7.08. The largest absolute Gasteiger partial charge is 0.383 e. The molecule has 0 bridgehead atoms. The summed E-state index contributed by atoms with van der Waals surface area (Å²) < 4.78 is 4.85. The topological polar surface area (TPSA) is 70.7 Å². The Morgan fingerprint density at radius 1 is 1.38 bits per heavy atom. The molecule has 1 heterocycles. The molecule has 0 fully saturated rings. The number of hydrogen-bond donors (Lipinski definition) is 2. The number of para-hydroxylation sites is 1. The van der Waals surface area contributed by atoms with Gasteiger partial charge in [-0.3, -0.25) is 4.79 Å². The molecule has 0 aliphatic carbocycles. The zero-order chi connectivity index (χ0) is 15.2. The van der Waals surface area contributed by atoms with E-state index in [9.17, 15) is 9.59 Å². The lowest BCUT2D eigenvalue weighted by atomic mass is 10.2. The SMILES string of the molecule is COCCNC(=O)N[C@@H](C)C(=O)N1CCc2ccccc21. The van der Waals surface area contributed by atoms with Crippen LogP contribution < -0.4 is 15.5 Å². The van der Waals surface area contributed by atoms with E-state index in [1.807, 2.05) is 24.3 Å². The zero-order valence-electron chi connectivity index (χ0n) is 12.4. The molecule has 0 saturated carbocycles. The van der Waals surface area contributed by atoms with Gasteiger partial charge < -0.3 is 20.3 Å². The van der Waals surface area contributed by atoms with Crippen molar-refractivity contribution in [1.82, 2.24) is 10.6 Å². The van der Waals surface area contributed by atoms with Gasteiger partial charge in [0.1, 0.15) is 6.04 Å². The molecule has 1 aliphatic rings. The number of fused-ring (bicyclic) bond motifs is 1. The summed E-state index contributed by atoms with van der Waals surface area (Å²) in [5.74, 6) is -0.0955. The number of amides is 3. The number of nitrogens with zero attached hydrogens (tertiary/aromatic N) is 1. The van der Waals surface area contributed by atoms with E-state index in [4.69, 9.17) is 4.74 Å². The van der Waals surface area contributed by atoms with E-state index in [2.05, 4.69) is 10.6 Å². The molecule has 1 atom stereocenters. The van der Waals surface area contributed by atoms with Crippen molar-refractivity contribution < 1.29 is 14.3 Å². The monoisotopic (exact) mass is 291 g/mol. The smallest absolute Gasteiger partial charge is 0.315 e. The number of methoxy groups -OCH3 is 1. The van der Waals surface area contributed by atoms with E-state index in [1.54, 1.807) is 18.9 Å². The molecule has 0 radical (unpaired) electrons. The fourth-order valence-electron chi connectivity index (χ4n) is 2.38. The van der Waals surface area contributed by atoms with Gasteiger partial charge in [-0.2, -0.15) is 0 Å². The first-order valence-corrected chi connectivity index (χ1v) is 7.06. The van der Waals surface area contributed by atoms with Crippen molar-refractivity contribution in [2.75, 3.05) is 31.7 Å². The number of ether oxygens (including phenoxy) is 1. The molecule has 1 aliphatic heterocycles. The predicted octanol–water partition coefficient (Wildman–Crippen LogP) is 0.910. The lowest BCUT2D eigenvalue weighted by molar-refractivity contribution is -0.119. The molecule has 1 aromatic carbocycles. The number of rotatable bonds is 5. The molecule has 21 heavy (non-hydrogen) atoms. The van der Waals surface area contributed by atoms with Crippen LogP contribution in [0.5, 0.6) is 0 Å². The lowest BCUT2D eigenvalue weighted by Gasteiger charge is -2.22. The molecule has 2 N–H and O–H groups in total. The number of anilines is 1. The Morgan fingerprint density at radius 3 is 2.90 bits per heavy atom. The molecule has 0 aromatic heterocycles.